The molecule has 0 N–H and O–H groups in total. The van der Waals surface area contributed by atoms with Gasteiger partial charge in [0.05, 0.1) is 13.2 Å². The van der Waals surface area contributed by atoms with E-state index in [0.717, 1.165) is 32.4 Å². The molecule has 5 nitrogen and oxygen atoms in total. The van der Waals surface area contributed by atoms with Crippen LogP contribution in [0.5, 0.6) is 5.75 Å². The number of morpholine rings is 1. The highest BCUT2D eigenvalue weighted by Gasteiger charge is 2.19. The van der Waals surface area contributed by atoms with Crippen molar-refractivity contribution in [2.45, 2.75) is 19.3 Å². The van der Waals surface area contributed by atoms with Crippen LogP contribution in [-0.4, -0.2) is 62.3 Å². The second-order valence-electron chi connectivity index (χ2n) is 7.65. The summed E-state index contributed by atoms with van der Waals surface area (Å²) in [5, 5.41) is 0. The lowest BCUT2D eigenvalue weighted by Gasteiger charge is -2.26. The molecule has 0 aromatic heterocycles. The summed E-state index contributed by atoms with van der Waals surface area (Å²) in [4.78, 5) is 16.5. The van der Waals surface area contributed by atoms with Gasteiger partial charge in [0.1, 0.15) is 5.75 Å². The molecule has 5 heteroatoms. The average Bonchev–Trinajstić information content (AvgIpc) is 2.73. The zero-order chi connectivity index (χ0) is 19.3. The molecule has 2 aliphatic heterocycles. The Morgan fingerprint density at radius 3 is 2.36 bits per heavy atom. The van der Waals surface area contributed by atoms with Gasteiger partial charge in [-0.25, -0.2) is 4.79 Å². The number of benzene rings is 2. The predicted octanol–water partition coefficient (Wildman–Crippen LogP) is 3.14. The van der Waals surface area contributed by atoms with E-state index in [1.165, 1.54) is 22.3 Å². The third-order valence-corrected chi connectivity index (χ3v) is 5.68. The molecule has 0 aliphatic carbocycles. The Hall–Kier alpha value is -2.37. The lowest BCUT2D eigenvalue weighted by molar-refractivity contribution is 0.0416. The van der Waals surface area contributed by atoms with Crippen LogP contribution in [0.15, 0.2) is 42.5 Å². The van der Waals surface area contributed by atoms with Crippen LogP contribution in [0, 0.1) is 0 Å². The summed E-state index contributed by atoms with van der Waals surface area (Å²) in [5.74, 6) is 0.628. The number of fused-ring (bicyclic) bond motifs is 2. The van der Waals surface area contributed by atoms with Gasteiger partial charge in [-0.2, -0.15) is 0 Å². The summed E-state index contributed by atoms with van der Waals surface area (Å²) in [6.45, 7) is 4.38. The van der Waals surface area contributed by atoms with Crippen LogP contribution >= 0.6 is 0 Å². The highest BCUT2D eigenvalue weighted by molar-refractivity contribution is 5.71. The maximum atomic E-state index is 12.4. The van der Waals surface area contributed by atoms with E-state index >= 15 is 0 Å². The first kappa shape index (κ1) is 19.0. The number of hydrogen-bond donors (Lipinski definition) is 0. The van der Waals surface area contributed by atoms with Crippen molar-refractivity contribution < 1.29 is 14.3 Å². The molecule has 148 valence electrons. The summed E-state index contributed by atoms with van der Waals surface area (Å²) in [6, 6.07) is 14.8. The summed E-state index contributed by atoms with van der Waals surface area (Å²) in [6.07, 6.45) is 2.67. The standard InChI is InChI=1S/C23H28N2O3/c1-24-10-8-18-4-2-3-5-19(18)16-20-6-7-22(17-21(20)9-11-24)28-23(26)25-12-14-27-15-13-25/h2-7,17H,8-16H2,1H3. The van der Waals surface area contributed by atoms with Crippen LogP contribution in [0.1, 0.15) is 22.3 Å². The van der Waals surface area contributed by atoms with E-state index in [0.29, 0.717) is 32.1 Å². The fraction of sp³-hybridized carbons (Fsp3) is 0.435. The van der Waals surface area contributed by atoms with Gasteiger partial charge in [-0.05, 0) is 60.7 Å². The van der Waals surface area contributed by atoms with Crippen molar-refractivity contribution in [2.24, 2.45) is 0 Å². The molecule has 2 aromatic carbocycles. The Morgan fingerprint density at radius 1 is 0.893 bits per heavy atom. The molecule has 2 heterocycles. The van der Waals surface area contributed by atoms with Crippen molar-refractivity contribution in [1.82, 2.24) is 9.80 Å². The van der Waals surface area contributed by atoms with Gasteiger partial charge < -0.3 is 19.3 Å². The van der Waals surface area contributed by atoms with Crippen molar-refractivity contribution in [3.05, 3.63) is 64.7 Å². The van der Waals surface area contributed by atoms with Crippen LogP contribution in [-0.2, 0) is 24.0 Å². The number of carbonyl (C=O) groups excluding carboxylic acids is 1. The number of amides is 1. The third kappa shape index (κ3) is 4.54. The molecule has 0 atom stereocenters. The van der Waals surface area contributed by atoms with Gasteiger partial charge in [0.15, 0.2) is 0 Å². The predicted molar refractivity (Wildman–Crippen MR) is 109 cm³/mol. The Labute approximate surface area is 166 Å². The molecular weight excluding hydrogens is 352 g/mol. The monoisotopic (exact) mass is 380 g/mol. The lowest BCUT2D eigenvalue weighted by atomic mass is 9.93. The fourth-order valence-corrected chi connectivity index (χ4v) is 3.90. The van der Waals surface area contributed by atoms with Crippen molar-refractivity contribution >= 4 is 6.09 Å². The summed E-state index contributed by atoms with van der Waals surface area (Å²) >= 11 is 0. The third-order valence-electron chi connectivity index (χ3n) is 5.68. The summed E-state index contributed by atoms with van der Waals surface area (Å²) < 4.78 is 11.0. The van der Waals surface area contributed by atoms with Crippen molar-refractivity contribution in [3.63, 3.8) is 0 Å². The Kier molecular flexibility index (Phi) is 5.93. The Morgan fingerprint density at radius 2 is 1.57 bits per heavy atom. The maximum Gasteiger partial charge on any atom is 0.415 e. The minimum atomic E-state index is -0.286. The molecule has 1 amide bonds. The molecule has 4 rings (SSSR count). The van der Waals surface area contributed by atoms with Crippen LogP contribution in [0.2, 0.25) is 0 Å². The zero-order valence-electron chi connectivity index (χ0n) is 16.5. The number of likely N-dealkylation sites (N-methyl/N-ethyl adjacent to an activating group) is 1. The number of carbonyl (C=O) groups is 1. The SMILES string of the molecule is CN1CCc2ccccc2Cc2ccc(OC(=O)N3CCOCC3)cc2CC1. The largest absolute Gasteiger partial charge is 0.415 e. The molecule has 0 unspecified atom stereocenters. The highest BCUT2D eigenvalue weighted by Crippen LogP contribution is 2.25. The smallest absolute Gasteiger partial charge is 0.410 e. The van der Waals surface area contributed by atoms with E-state index in [2.05, 4.69) is 42.3 Å². The van der Waals surface area contributed by atoms with Gasteiger partial charge in [-0.3, -0.25) is 0 Å². The van der Waals surface area contributed by atoms with Gasteiger partial charge in [-0.1, -0.05) is 30.3 Å². The number of ether oxygens (including phenoxy) is 2. The molecular formula is C23H28N2O3. The molecule has 0 saturated carbocycles. The van der Waals surface area contributed by atoms with E-state index in [-0.39, 0.29) is 6.09 Å². The number of hydrogen-bond acceptors (Lipinski definition) is 4. The van der Waals surface area contributed by atoms with E-state index in [1.54, 1.807) is 4.90 Å². The lowest BCUT2D eigenvalue weighted by Crippen LogP contribution is -2.42. The summed E-state index contributed by atoms with van der Waals surface area (Å²) in [7, 11) is 2.17. The van der Waals surface area contributed by atoms with Crippen LogP contribution in [0.25, 0.3) is 0 Å². The summed E-state index contributed by atoms with van der Waals surface area (Å²) in [5.41, 5.74) is 5.38. The minimum Gasteiger partial charge on any atom is -0.410 e. The second-order valence-corrected chi connectivity index (χ2v) is 7.65. The fourth-order valence-electron chi connectivity index (χ4n) is 3.90. The number of rotatable bonds is 1. The molecule has 1 saturated heterocycles. The average molecular weight is 380 g/mol. The first-order chi connectivity index (χ1) is 13.7. The maximum absolute atomic E-state index is 12.4. The Bertz CT molecular complexity index is 830. The second kappa shape index (κ2) is 8.76. The van der Waals surface area contributed by atoms with Crippen molar-refractivity contribution in [2.75, 3.05) is 46.4 Å². The van der Waals surface area contributed by atoms with Crippen LogP contribution < -0.4 is 4.74 Å². The molecule has 0 spiro atoms. The molecule has 28 heavy (non-hydrogen) atoms. The normalized spacial score (nSPS) is 18.1. The van der Waals surface area contributed by atoms with Crippen LogP contribution in [0.3, 0.4) is 0 Å². The topological polar surface area (TPSA) is 42.0 Å². The quantitative estimate of drug-likeness (QED) is 0.762. The first-order valence-corrected chi connectivity index (χ1v) is 10.1. The van der Waals surface area contributed by atoms with Gasteiger partial charge >= 0.3 is 6.09 Å². The van der Waals surface area contributed by atoms with E-state index in [9.17, 15) is 4.79 Å². The van der Waals surface area contributed by atoms with Crippen molar-refractivity contribution in [1.29, 1.82) is 0 Å². The van der Waals surface area contributed by atoms with Crippen molar-refractivity contribution in [3.8, 4) is 5.75 Å². The highest BCUT2D eigenvalue weighted by atomic mass is 16.6. The van der Waals surface area contributed by atoms with E-state index in [1.807, 2.05) is 12.1 Å². The molecule has 0 radical (unpaired) electrons. The van der Waals surface area contributed by atoms with Gasteiger partial charge in [0, 0.05) is 26.2 Å². The van der Waals surface area contributed by atoms with E-state index in [4.69, 9.17) is 9.47 Å². The van der Waals surface area contributed by atoms with E-state index < -0.39 is 0 Å². The van der Waals surface area contributed by atoms with Gasteiger partial charge in [-0.15, -0.1) is 0 Å². The minimum absolute atomic E-state index is 0.286. The molecule has 2 aliphatic rings. The molecule has 0 bridgehead atoms. The van der Waals surface area contributed by atoms with Crippen LogP contribution in [0.4, 0.5) is 4.79 Å². The molecule has 1 fully saturated rings. The van der Waals surface area contributed by atoms with Gasteiger partial charge in [0.25, 0.3) is 0 Å². The first-order valence-electron chi connectivity index (χ1n) is 10.1. The number of nitrogens with zero attached hydrogens (tertiary/aromatic N) is 2. The zero-order valence-corrected chi connectivity index (χ0v) is 16.5. The Balaban J connectivity index is 1.56. The van der Waals surface area contributed by atoms with Gasteiger partial charge in [0.2, 0.25) is 0 Å². The molecule has 2 aromatic rings.